The van der Waals surface area contributed by atoms with Gasteiger partial charge in [0.25, 0.3) is 0 Å². The average molecular weight is 264 g/mol. The summed E-state index contributed by atoms with van der Waals surface area (Å²) in [5.41, 5.74) is 3.29. The lowest BCUT2D eigenvalue weighted by molar-refractivity contribution is -0.137. The van der Waals surface area contributed by atoms with Crippen LogP contribution in [-0.4, -0.2) is 5.97 Å². The maximum absolute atomic E-state index is 11.8. The summed E-state index contributed by atoms with van der Waals surface area (Å²) in [6, 6.07) is 18.1. The highest BCUT2D eigenvalue weighted by molar-refractivity contribution is 5.82. The molecule has 1 aliphatic rings. The van der Waals surface area contributed by atoms with Crippen LogP contribution in [0.25, 0.3) is 5.76 Å². The van der Waals surface area contributed by atoms with Gasteiger partial charge < -0.3 is 4.74 Å². The van der Waals surface area contributed by atoms with E-state index in [4.69, 9.17) is 4.74 Å². The summed E-state index contributed by atoms with van der Waals surface area (Å²) in [6.45, 7) is 2.04. The first-order chi connectivity index (χ1) is 9.72. The van der Waals surface area contributed by atoms with Crippen LogP contribution < -0.4 is 0 Å². The second-order valence-electron chi connectivity index (χ2n) is 5.09. The molecule has 0 N–H and O–H groups in total. The zero-order valence-corrected chi connectivity index (χ0v) is 11.4. The maximum atomic E-state index is 11.8. The van der Waals surface area contributed by atoms with Gasteiger partial charge in [0, 0.05) is 11.5 Å². The number of rotatable bonds is 2. The van der Waals surface area contributed by atoms with Crippen LogP contribution in [0.3, 0.4) is 0 Å². The van der Waals surface area contributed by atoms with E-state index in [9.17, 15) is 4.79 Å². The van der Waals surface area contributed by atoms with Gasteiger partial charge in [-0.2, -0.15) is 0 Å². The molecule has 3 rings (SSSR count). The molecular formula is C18H16O2. The SMILES string of the molecule is Cc1ccc(C2=CC(c3ccccc3)CC(=O)O2)cc1. The van der Waals surface area contributed by atoms with E-state index in [1.54, 1.807) is 0 Å². The minimum absolute atomic E-state index is 0.0914. The zero-order valence-electron chi connectivity index (χ0n) is 11.4. The van der Waals surface area contributed by atoms with E-state index in [2.05, 4.69) is 0 Å². The fourth-order valence-corrected chi connectivity index (χ4v) is 2.41. The molecule has 2 aromatic carbocycles. The van der Waals surface area contributed by atoms with Gasteiger partial charge in [0.2, 0.25) is 0 Å². The second-order valence-corrected chi connectivity index (χ2v) is 5.09. The number of esters is 1. The van der Waals surface area contributed by atoms with Gasteiger partial charge in [-0.05, 0) is 18.6 Å². The minimum atomic E-state index is -0.170. The Balaban J connectivity index is 1.96. The van der Waals surface area contributed by atoms with Crippen molar-refractivity contribution in [2.45, 2.75) is 19.3 Å². The van der Waals surface area contributed by atoms with Crippen molar-refractivity contribution >= 4 is 11.7 Å². The molecule has 1 aliphatic heterocycles. The first kappa shape index (κ1) is 12.7. The summed E-state index contributed by atoms with van der Waals surface area (Å²) < 4.78 is 5.39. The maximum Gasteiger partial charge on any atom is 0.312 e. The molecule has 0 radical (unpaired) electrons. The summed E-state index contributed by atoms with van der Waals surface area (Å²) in [4.78, 5) is 11.8. The van der Waals surface area contributed by atoms with Crippen LogP contribution in [0.1, 0.15) is 29.0 Å². The average Bonchev–Trinajstić information content (AvgIpc) is 2.48. The summed E-state index contributed by atoms with van der Waals surface area (Å²) in [7, 11) is 0. The van der Waals surface area contributed by atoms with Gasteiger partial charge in [0.05, 0.1) is 6.42 Å². The van der Waals surface area contributed by atoms with Crippen molar-refractivity contribution in [1.29, 1.82) is 0 Å². The quantitative estimate of drug-likeness (QED) is 0.764. The number of allylic oxidation sites excluding steroid dienone is 1. The molecule has 1 heterocycles. The van der Waals surface area contributed by atoms with Gasteiger partial charge in [-0.1, -0.05) is 60.2 Å². The number of hydrogen-bond acceptors (Lipinski definition) is 2. The normalized spacial score (nSPS) is 18.4. The highest BCUT2D eigenvalue weighted by Crippen LogP contribution is 2.32. The summed E-state index contributed by atoms with van der Waals surface area (Å²) in [5, 5.41) is 0. The number of carbonyl (C=O) groups is 1. The van der Waals surface area contributed by atoms with E-state index < -0.39 is 0 Å². The Kier molecular flexibility index (Phi) is 3.38. The van der Waals surface area contributed by atoms with E-state index in [1.165, 1.54) is 5.56 Å². The standard InChI is InChI=1S/C18H16O2/c1-13-7-9-15(10-8-13)17-11-16(12-18(19)20-17)14-5-3-2-4-6-14/h2-11,16H,12H2,1H3. The zero-order chi connectivity index (χ0) is 13.9. The Bertz CT molecular complexity index is 639. The summed E-state index contributed by atoms with van der Waals surface area (Å²) in [6.07, 6.45) is 2.45. The van der Waals surface area contributed by atoms with Crippen LogP contribution in [0.2, 0.25) is 0 Å². The van der Waals surface area contributed by atoms with E-state index in [0.29, 0.717) is 12.2 Å². The van der Waals surface area contributed by atoms with Crippen molar-refractivity contribution < 1.29 is 9.53 Å². The molecule has 1 atom stereocenters. The minimum Gasteiger partial charge on any atom is -0.426 e. The van der Waals surface area contributed by atoms with Crippen LogP contribution in [0, 0.1) is 6.92 Å². The second kappa shape index (κ2) is 5.33. The molecular weight excluding hydrogens is 248 g/mol. The topological polar surface area (TPSA) is 26.3 Å². The van der Waals surface area contributed by atoms with Crippen LogP contribution in [0.4, 0.5) is 0 Å². The first-order valence-electron chi connectivity index (χ1n) is 6.77. The third-order valence-electron chi connectivity index (χ3n) is 3.53. The first-order valence-corrected chi connectivity index (χ1v) is 6.77. The van der Waals surface area contributed by atoms with Gasteiger partial charge >= 0.3 is 5.97 Å². The third-order valence-corrected chi connectivity index (χ3v) is 3.53. The monoisotopic (exact) mass is 264 g/mol. The van der Waals surface area contributed by atoms with Gasteiger partial charge in [-0.15, -0.1) is 0 Å². The van der Waals surface area contributed by atoms with E-state index in [-0.39, 0.29) is 11.9 Å². The lowest BCUT2D eigenvalue weighted by Crippen LogP contribution is -2.15. The number of aryl methyl sites for hydroxylation is 1. The highest BCUT2D eigenvalue weighted by Gasteiger charge is 2.23. The Morgan fingerprint density at radius 3 is 2.40 bits per heavy atom. The number of benzene rings is 2. The molecule has 0 amide bonds. The van der Waals surface area contributed by atoms with Crippen LogP contribution in [0.5, 0.6) is 0 Å². The molecule has 1 unspecified atom stereocenters. The van der Waals surface area contributed by atoms with E-state index in [0.717, 1.165) is 11.1 Å². The number of carbonyl (C=O) groups excluding carboxylic acids is 1. The predicted octanol–water partition coefficient (Wildman–Crippen LogP) is 4.07. The van der Waals surface area contributed by atoms with Gasteiger partial charge in [0.15, 0.2) is 0 Å². The number of hydrogen-bond donors (Lipinski definition) is 0. The number of cyclic esters (lactones) is 1. The van der Waals surface area contributed by atoms with Gasteiger partial charge in [-0.25, -0.2) is 0 Å². The molecule has 0 spiro atoms. The lowest BCUT2D eigenvalue weighted by Gasteiger charge is -2.21. The van der Waals surface area contributed by atoms with Crippen LogP contribution in [0.15, 0.2) is 60.7 Å². The smallest absolute Gasteiger partial charge is 0.312 e. The van der Waals surface area contributed by atoms with Crippen molar-refractivity contribution in [3.05, 3.63) is 77.4 Å². The Hall–Kier alpha value is -2.35. The summed E-state index contributed by atoms with van der Waals surface area (Å²) in [5.74, 6) is 0.584. The molecule has 0 saturated carbocycles. The highest BCUT2D eigenvalue weighted by atomic mass is 16.5. The van der Waals surface area contributed by atoms with Crippen LogP contribution in [-0.2, 0) is 9.53 Å². The Labute approximate surface area is 118 Å². The fourth-order valence-electron chi connectivity index (χ4n) is 2.41. The third kappa shape index (κ3) is 2.64. The molecule has 0 fully saturated rings. The molecule has 20 heavy (non-hydrogen) atoms. The van der Waals surface area contributed by atoms with Gasteiger partial charge in [-0.3, -0.25) is 4.79 Å². The number of ether oxygens (including phenoxy) is 1. The van der Waals surface area contributed by atoms with Crippen molar-refractivity contribution in [2.75, 3.05) is 0 Å². The molecule has 2 nitrogen and oxygen atoms in total. The van der Waals surface area contributed by atoms with Crippen molar-refractivity contribution in [3.8, 4) is 0 Å². The predicted molar refractivity (Wildman–Crippen MR) is 79.0 cm³/mol. The Morgan fingerprint density at radius 1 is 1.00 bits per heavy atom. The molecule has 0 aromatic heterocycles. The van der Waals surface area contributed by atoms with Crippen molar-refractivity contribution in [1.82, 2.24) is 0 Å². The molecule has 2 aromatic rings. The van der Waals surface area contributed by atoms with Crippen molar-refractivity contribution in [2.24, 2.45) is 0 Å². The van der Waals surface area contributed by atoms with E-state index in [1.807, 2.05) is 67.6 Å². The Morgan fingerprint density at radius 2 is 1.70 bits per heavy atom. The molecule has 0 bridgehead atoms. The molecule has 2 heteroatoms. The summed E-state index contributed by atoms with van der Waals surface area (Å²) >= 11 is 0. The molecule has 0 saturated heterocycles. The van der Waals surface area contributed by atoms with Gasteiger partial charge in [0.1, 0.15) is 5.76 Å². The fraction of sp³-hybridized carbons (Fsp3) is 0.167. The molecule has 100 valence electrons. The van der Waals surface area contributed by atoms with E-state index >= 15 is 0 Å². The largest absolute Gasteiger partial charge is 0.426 e. The van der Waals surface area contributed by atoms with Crippen molar-refractivity contribution in [3.63, 3.8) is 0 Å². The van der Waals surface area contributed by atoms with Crippen LogP contribution >= 0.6 is 0 Å². The molecule has 0 aliphatic carbocycles. The lowest BCUT2D eigenvalue weighted by atomic mass is 9.92.